The Morgan fingerprint density at radius 1 is 1.16 bits per heavy atom. The summed E-state index contributed by atoms with van der Waals surface area (Å²) in [6, 6.07) is 3.82. The molecule has 0 unspecified atom stereocenters. The van der Waals surface area contributed by atoms with Gasteiger partial charge in [0.2, 0.25) is 0 Å². The van der Waals surface area contributed by atoms with Gasteiger partial charge in [-0.1, -0.05) is 6.92 Å². The van der Waals surface area contributed by atoms with Crippen molar-refractivity contribution in [2.75, 3.05) is 0 Å². The van der Waals surface area contributed by atoms with Crippen LogP contribution >= 0.6 is 0 Å². The number of ketones is 1. The van der Waals surface area contributed by atoms with Gasteiger partial charge < -0.3 is 5.11 Å². The molecule has 2 aromatic heterocycles. The molecule has 0 amide bonds. The van der Waals surface area contributed by atoms with Crippen LogP contribution in [0.3, 0.4) is 0 Å². The van der Waals surface area contributed by atoms with Crippen LogP contribution in [-0.4, -0.2) is 36.6 Å². The number of benzene rings is 1. The van der Waals surface area contributed by atoms with E-state index in [9.17, 15) is 9.59 Å². The summed E-state index contributed by atoms with van der Waals surface area (Å²) in [6.45, 7) is 4.94. The van der Waals surface area contributed by atoms with Crippen molar-refractivity contribution in [2.45, 2.75) is 33.7 Å². The fourth-order valence-corrected chi connectivity index (χ4v) is 2.88. The quantitative estimate of drug-likeness (QED) is 0.718. The van der Waals surface area contributed by atoms with Crippen molar-refractivity contribution < 1.29 is 14.7 Å². The third kappa shape index (κ3) is 3.13. The van der Waals surface area contributed by atoms with Gasteiger partial charge in [0.25, 0.3) is 0 Å². The molecule has 1 N–H and O–H groups in total. The van der Waals surface area contributed by atoms with Crippen molar-refractivity contribution >= 4 is 22.7 Å². The lowest BCUT2D eigenvalue weighted by Gasteiger charge is -2.08. The molecule has 0 aliphatic rings. The van der Waals surface area contributed by atoms with Gasteiger partial charge in [0.05, 0.1) is 5.52 Å². The molecule has 3 rings (SSSR count). The van der Waals surface area contributed by atoms with Crippen molar-refractivity contribution in [3.05, 3.63) is 41.6 Å². The van der Waals surface area contributed by atoms with Crippen LogP contribution in [0.1, 0.15) is 35.7 Å². The van der Waals surface area contributed by atoms with E-state index in [0.717, 1.165) is 16.7 Å². The molecule has 7 nitrogen and oxygen atoms in total. The monoisotopic (exact) mass is 338 g/mol. The van der Waals surface area contributed by atoms with Gasteiger partial charge in [-0.25, -0.2) is 9.97 Å². The summed E-state index contributed by atoms with van der Waals surface area (Å²) in [5.74, 6) is -0.523. The molecule has 25 heavy (non-hydrogen) atoms. The Morgan fingerprint density at radius 3 is 2.40 bits per heavy atom. The first kappa shape index (κ1) is 16.8. The van der Waals surface area contributed by atoms with Crippen molar-refractivity contribution in [3.63, 3.8) is 0 Å². The number of nitrogens with zero attached hydrogens (tertiary/aromatic N) is 4. The molecule has 0 saturated heterocycles. The van der Waals surface area contributed by atoms with E-state index in [0.29, 0.717) is 23.1 Å². The lowest BCUT2D eigenvalue weighted by atomic mass is 9.99. The van der Waals surface area contributed by atoms with Crippen LogP contribution in [0.5, 0.6) is 0 Å². The topological polar surface area (TPSA) is 98.0 Å². The van der Waals surface area contributed by atoms with E-state index < -0.39 is 5.97 Å². The second-order valence-electron chi connectivity index (χ2n) is 5.86. The van der Waals surface area contributed by atoms with Crippen LogP contribution in [0.25, 0.3) is 22.0 Å². The predicted octanol–water partition coefficient (Wildman–Crippen LogP) is 2.65. The van der Waals surface area contributed by atoms with Crippen LogP contribution in [0.2, 0.25) is 0 Å². The molecule has 7 heteroatoms. The zero-order valence-corrected chi connectivity index (χ0v) is 14.3. The lowest BCUT2D eigenvalue weighted by molar-refractivity contribution is -0.137. The molecule has 0 saturated carbocycles. The van der Waals surface area contributed by atoms with E-state index in [-0.39, 0.29) is 18.0 Å². The van der Waals surface area contributed by atoms with E-state index in [1.54, 1.807) is 12.4 Å². The number of rotatable bonds is 5. The fourth-order valence-electron chi connectivity index (χ4n) is 2.88. The molecule has 0 aliphatic carbocycles. The van der Waals surface area contributed by atoms with Gasteiger partial charge in [-0.3, -0.25) is 14.3 Å². The number of hydrogen-bond acceptors (Lipinski definition) is 5. The summed E-state index contributed by atoms with van der Waals surface area (Å²) in [4.78, 5) is 31.6. The highest BCUT2D eigenvalue weighted by Gasteiger charge is 2.19. The molecule has 0 fully saturated rings. The number of fused-ring (bicyclic) bond motifs is 1. The largest absolute Gasteiger partial charge is 0.480 e. The standard InChI is InChI=1S/C18H18N4O3/c1-4-12-5-13(14-7-19-11(3)20-8-14)6-15-17(10(2)23)21-22(18(12)15)9-16(24)25/h5-8H,4,9H2,1-3H3,(H,24,25). The molecule has 0 bridgehead atoms. The minimum absolute atomic E-state index is 0.200. The molecule has 0 aliphatic heterocycles. The molecule has 128 valence electrons. The Hall–Kier alpha value is -3.09. The molecule has 1 aromatic carbocycles. The van der Waals surface area contributed by atoms with Gasteiger partial charge in [-0.2, -0.15) is 5.10 Å². The number of carbonyl (C=O) groups excluding carboxylic acids is 1. The Labute approximate surface area is 144 Å². The highest BCUT2D eigenvalue weighted by Crippen LogP contribution is 2.30. The molecule has 0 atom stereocenters. The summed E-state index contributed by atoms with van der Waals surface area (Å²) in [7, 11) is 0. The summed E-state index contributed by atoms with van der Waals surface area (Å²) < 4.78 is 1.39. The normalized spacial score (nSPS) is 11.0. The maximum Gasteiger partial charge on any atom is 0.325 e. The number of aryl methyl sites for hydroxylation is 2. The van der Waals surface area contributed by atoms with Crippen molar-refractivity contribution in [3.8, 4) is 11.1 Å². The second-order valence-corrected chi connectivity index (χ2v) is 5.86. The third-order valence-corrected chi connectivity index (χ3v) is 4.04. The number of hydrogen-bond donors (Lipinski definition) is 1. The first-order valence-corrected chi connectivity index (χ1v) is 7.96. The third-order valence-electron chi connectivity index (χ3n) is 4.04. The number of Topliss-reactive ketones (excluding diaryl/α,β-unsaturated/α-hetero) is 1. The second kappa shape index (κ2) is 6.43. The first-order valence-electron chi connectivity index (χ1n) is 7.96. The number of aromatic nitrogens is 4. The summed E-state index contributed by atoms with van der Waals surface area (Å²) in [5.41, 5.74) is 3.60. The first-order chi connectivity index (χ1) is 11.9. The average Bonchev–Trinajstić information content (AvgIpc) is 2.93. The smallest absolute Gasteiger partial charge is 0.325 e. The SMILES string of the molecule is CCc1cc(-c2cnc(C)nc2)cc2c(C(C)=O)nn(CC(=O)O)c12. The number of carboxylic acids is 1. The van der Waals surface area contributed by atoms with Gasteiger partial charge in [0.1, 0.15) is 18.1 Å². The van der Waals surface area contributed by atoms with E-state index in [1.165, 1.54) is 11.6 Å². The Bertz CT molecular complexity index is 974. The zero-order valence-electron chi connectivity index (χ0n) is 14.3. The Kier molecular flexibility index (Phi) is 4.31. The summed E-state index contributed by atoms with van der Waals surface area (Å²) in [6.07, 6.45) is 4.15. The van der Waals surface area contributed by atoms with Crippen LogP contribution in [0.4, 0.5) is 0 Å². The highest BCUT2D eigenvalue weighted by molar-refractivity contribution is 6.06. The molecule has 3 aromatic rings. The Morgan fingerprint density at radius 2 is 1.84 bits per heavy atom. The van der Waals surface area contributed by atoms with Crippen LogP contribution in [0.15, 0.2) is 24.5 Å². The Balaban J connectivity index is 2.30. The maximum absolute atomic E-state index is 12.0. The van der Waals surface area contributed by atoms with E-state index in [1.807, 2.05) is 26.0 Å². The number of carboxylic acid groups (broad SMARTS) is 1. The maximum atomic E-state index is 12.0. The molecule has 0 radical (unpaired) electrons. The number of carbonyl (C=O) groups is 2. The van der Waals surface area contributed by atoms with E-state index in [2.05, 4.69) is 15.1 Å². The number of aliphatic carboxylic acids is 1. The van der Waals surface area contributed by atoms with Gasteiger partial charge in [-0.15, -0.1) is 0 Å². The molecule has 2 heterocycles. The minimum Gasteiger partial charge on any atom is -0.480 e. The fraction of sp³-hybridized carbons (Fsp3) is 0.278. The van der Waals surface area contributed by atoms with Gasteiger partial charge in [-0.05, 0) is 36.6 Å². The van der Waals surface area contributed by atoms with Crippen molar-refractivity contribution in [2.24, 2.45) is 0 Å². The molecular weight excluding hydrogens is 320 g/mol. The predicted molar refractivity (Wildman–Crippen MR) is 92.5 cm³/mol. The van der Waals surface area contributed by atoms with E-state index >= 15 is 0 Å². The molecule has 0 spiro atoms. The van der Waals surface area contributed by atoms with E-state index in [4.69, 9.17) is 5.11 Å². The zero-order chi connectivity index (χ0) is 18.1. The van der Waals surface area contributed by atoms with Gasteiger partial charge in [0, 0.05) is 30.3 Å². The van der Waals surface area contributed by atoms with Gasteiger partial charge >= 0.3 is 5.97 Å². The highest BCUT2D eigenvalue weighted by atomic mass is 16.4. The van der Waals surface area contributed by atoms with Crippen LogP contribution < -0.4 is 0 Å². The van der Waals surface area contributed by atoms with Crippen LogP contribution in [-0.2, 0) is 17.8 Å². The summed E-state index contributed by atoms with van der Waals surface area (Å²) >= 11 is 0. The van der Waals surface area contributed by atoms with Gasteiger partial charge in [0.15, 0.2) is 5.78 Å². The molecular formula is C18H18N4O3. The van der Waals surface area contributed by atoms with Crippen molar-refractivity contribution in [1.82, 2.24) is 19.7 Å². The minimum atomic E-state index is -1.00. The summed E-state index contributed by atoms with van der Waals surface area (Å²) in [5, 5.41) is 14.0. The lowest BCUT2D eigenvalue weighted by Crippen LogP contribution is -2.11. The van der Waals surface area contributed by atoms with Crippen molar-refractivity contribution in [1.29, 1.82) is 0 Å². The van der Waals surface area contributed by atoms with Crippen LogP contribution in [0, 0.1) is 6.92 Å². The average molecular weight is 338 g/mol.